The largest absolute Gasteiger partial charge is 0.461 e. The van der Waals surface area contributed by atoms with E-state index in [9.17, 15) is 14.4 Å². The lowest BCUT2D eigenvalue weighted by Crippen LogP contribution is -2.42. The molecule has 0 N–H and O–H groups in total. The maximum Gasteiger partial charge on any atom is 0.357 e. The summed E-state index contributed by atoms with van der Waals surface area (Å²) in [5.74, 6) is -1.58. The highest BCUT2D eigenvalue weighted by molar-refractivity contribution is 6.42. The van der Waals surface area contributed by atoms with Crippen molar-refractivity contribution in [3.63, 3.8) is 0 Å². The molecule has 1 aliphatic rings. The third-order valence-corrected chi connectivity index (χ3v) is 7.15. The number of rotatable bonds is 4. The SMILES string of the molecule is CCOC(=O)c1c2c(nn1C(=O)c1ccc(Cl)c(Cl)c1)C[C@@H](C)N(C(=O)c1ccc(Cl)c(Cl)c1)C2. The Labute approximate surface area is 221 Å². The van der Waals surface area contributed by atoms with E-state index >= 15 is 0 Å². The molecule has 0 unspecified atom stereocenters. The quantitative estimate of drug-likeness (QED) is 0.372. The summed E-state index contributed by atoms with van der Waals surface area (Å²) in [4.78, 5) is 41.2. The van der Waals surface area contributed by atoms with Crippen LogP contribution in [0.4, 0.5) is 0 Å². The van der Waals surface area contributed by atoms with E-state index in [4.69, 9.17) is 51.1 Å². The van der Waals surface area contributed by atoms with Crippen molar-refractivity contribution >= 4 is 64.2 Å². The maximum atomic E-state index is 13.3. The van der Waals surface area contributed by atoms with Gasteiger partial charge in [-0.1, -0.05) is 46.4 Å². The maximum absolute atomic E-state index is 13.3. The van der Waals surface area contributed by atoms with Crippen molar-refractivity contribution in [1.29, 1.82) is 0 Å². The fourth-order valence-corrected chi connectivity index (χ4v) is 4.51. The molecule has 0 spiro atoms. The summed E-state index contributed by atoms with van der Waals surface area (Å²) in [5, 5.41) is 5.52. The van der Waals surface area contributed by atoms with Crippen LogP contribution >= 0.6 is 46.4 Å². The van der Waals surface area contributed by atoms with Crippen LogP contribution in [0, 0.1) is 0 Å². The van der Waals surface area contributed by atoms with Gasteiger partial charge in [0, 0.05) is 29.2 Å². The molecule has 182 valence electrons. The molecule has 1 aromatic heterocycles. The first-order valence-corrected chi connectivity index (χ1v) is 12.2. The van der Waals surface area contributed by atoms with Gasteiger partial charge in [-0.25, -0.2) is 4.79 Å². The van der Waals surface area contributed by atoms with Crippen LogP contribution in [-0.2, 0) is 17.7 Å². The Kier molecular flexibility index (Phi) is 7.43. The molecule has 0 fully saturated rings. The number of aromatic nitrogens is 2. The molecule has 1 amide bonds. The van der Waals surface area contributed by atoms with Crippen LogP contribution in [0.15, 0.2) is 36.4 Å². The number of fused-ring (bicyclic) bond motifs is 1. The first kappa shape index (κ1) is 25.5. The van der Waals surface area contributed by atoms with Gasteiger partial charge in [0.15, 0.2) is 5.69 Å². The van der Waals surface area contributed by atoms with Gasteiger partial charge in [0.05, 0.1) is 38.9 Å². The summed E-state index contributed by atoms with van der Waals surface area (Å²) in [7, 11) is 0. The Morgan fingerprint density at radius 1 is 0.943 bits per heavy atom. The second-order valence-electron chi connectivity index (χ2n) is 7.96. The second-order valence-corrected chi connectivity index (χ2v) is 9.58. The van der Waals surface area contributed by atoms with E-state index in [0.29, 0.717) is 33.3 Å². The lowest BCUT2D eigenvalue weighted by atomic mass is 9.98. The van der Waals surface area contributed by atoms with E-state index in [0.717, 1.165) is 4.68 Å². The molecule has 0 aliphatic carbocycles. The molecular weight excluding hydrogens is 536 g/mol. The van der Waals surface area contributed by atoms with Gasteiger partial charge < -0.3 is 9.64 Å². The predicted molar refractivity (Wildman–Crippen MR) is 134 cm³/mol. The van der Waals surface area contributed by atoms with E-state index in [-0.39, 0.29) is 46.4 Å². The van der Waals surface area contributed by atoms with Crippen LogP contribution in [0.25, 0.3) is 0 Å². The number of carbonyl (C=O) groups is 3. The number of hydrogen-bond acceptors (Lipinski definition) is 5. The summed E-state index contributed by atoms with van der Waals surface area (Å²) in [6.45, 7) is 3.68. The van der Waals surface area contributed by atoms with Gasteiger partial charge in [0.1, 0.15) is 0 Å². The van der Waals surface area contributed by atoms with Crippen LogP contribution < -0.4 is 0 Å². The first-order valence-electron chi connectivity index (χ1n) is 10.7. The molecule has 35 heavy (non-hydrogen) atoms. The molecule has 0 saturated heterocycles. The number of carbonyl (C=O) groups excluding carboxylic acids is 3. The lowest BCUT2D eigenvalue weighted by molar-refractivity contribution is 0.0499. The van der Waals surface area contributed by atoms with E-state index in [1.54, 1.807) is 24.0 Å². The van der Waals surface area contributed by atoms with Gasteiger partial charge in [-0.2, -0.15) is 9.78 Å². The van der Waals surface area contributed by atoms with Gasteiger partial charge in [0.2, 0.25) is 0 Å². The van der Waals surface area contributed by atoms with Crippen LogP contribution in [0.5, 0.6) is 0 Å². The van der Waals surface area contributed by atoms with Crippen molar-refractivity contribution in [2.45, 2.75) is 32.9 Å². The van der Waals surface area contributed by atoms with Crippen molar-refractivity contribution in [1.82, 2.24) is 14.7 Å². The number of hydrogen-bond donors (Lipinski definition) is 0. The summed E-state index contributed by atoms with van der Waals surface area (Å²) in [5.41, 5.74) is 1.50. The Morgan fingerprint density at radius 2 is 1.51 bits per heavy atom. The average molecular weight is 555 g/mol. The molecule has 7 nitrogen and oxygen atoms in total. The minimum absolute atomic E-state index is 0.0308. The third-order valence-electron chi connectivity index (χ3n) is 5.67. The number of benzene rings is 2. The fraction of sp³-hybridized carbons (Fsp3) is 0.250. The van der Waals surface area contributed by atoms with Crippen molar-refractivity contribution in [3.8, 4) is 0 Å². The molecule has 2 aromatic carbocycles. The monoisotopic (exact) mass is 553 g/mol. The van der Waals surface area contributed by atoms with Crippen molar-refractivity contribution in [2.24, 2.45) is 0 Å². The normalized spacial score (nSPS) is 15.0. The number of amides is 1. The van der Waals surface area contributed by atoms with Crippen LogP contribution in [-0.4, -0.2) is 45.1 Å². The molecule has 1 atom stereocenters. The van der Waals surface area contributed by atoms with E-state index < -0.39 is 11.9 Å². The number of esters is 1. The number of halogens is 4. The first-order chi connectivity index (χ1) is 16.6. The lowest BCUT2D eigenvalue weighted by Gasteiger charge is -2.33. The molecule has 1 aliphatic heterocycles. The van der Waals surface area contributed by atoms with Gasteiger partial charge in [-0.15, -0.1) is 0 Å². The Morgan fingerprint density at radius 3 is 2.06 bits per heavy atom. The van der Waals surface area contributed by atoms with Crippen molar-refractivity contribution in [2.75, 3.05) is 6.61 Å². The van der Waals surface area contributed by atoms with E-state index in [2.05, 4.69) is 5.10 Å². The van der Waals surface area contributed by atoms with Gasteiger partial charge in [-0.05, 0) is 50.2 Å². The van der Waals surface area contributed by atoms with E-state index in [1.165, 1.54) is 24.3 Å². The Balaban J connectivity index is 1.76. The molecule has 0 radical (unpaired) electrons. The van der Waals surface area contributed by atoms with Gasteiger partial charge in [-0.3, -0.25) is 9.59 Å². The molecule has 3 aromatic rings. The van der Waals surface area contributed by atoms with Gasteiger partial charge in [0.25, 0.3) is 11.8 Å². The van der Waals surface area contributed by atoms with Crippen molar-refractivity contribution < 1.29 is 19.1 Å². The van der Waals surface area contributed by atoms with Gasteiger partial charge >= 0.3 is 5.97 Å². The zero-order chi connectivity index (χ0) is 25.4. The molecule has 0 saturated carbocycles. The van der Waals surface area contributed by atoms with Crippen molar-refractivity contribution in [3.05, 3.63) is 84.6 Å². The average Bonchev–Trinajstić information content (AvgIpc) is 3.19. The third kappa shape index (κ3) is 4.91. The smallest absolute Gasteiger partial charge is 0.357 e. The summed E-state index contributed by atoms with van der Waals surface area (Å²) in [6, 6.07) is 8.77. The number of nitrogens with zero attached hydrogens (tertiary/aromatic N) is 3. The summed E-state index contributed by atoms with van der Waals surface area (Å²) < 4.78 is 6.24. The zero-order valence-corrected chi connectivity index (χ0v) is 21.7. The zero-order valence-electron chi connectivity index (χ0n) is 18.6. The molecule has 11 heteroatoms. The Hall–Kier alpha value is -2.58. The highest BCUT2D eigenvalue weighted by Gasteiger charge is 2.36. The number of ether oxygens (including phenoxy) is 1. The topological polar surface area (TPSA) is 81.5 Å². The molecule has 0 bridgehead atoms. The van der Waals surface area contributed by atoms with Crippen LogP contribution in [0.1, 0.15) is 56.3 Å². The summed E-state index contributed by atoms with van der Waals surface area (Å²) in [6.07, 6.45) is 0.330. The summed E-state index contributed by atoms with van der Waals surface area (Å²) >= 11 is 24.1. The standard InChI is InChI=1S/C24H19Cl4N3O4/c1-3-35-24(34)21-15-11-30(22(32)13-4-6-16(25)18(27)9-13)12(2)8-20(15)29-31(21)23(33)14-5-7-17(26)19(28)10-14/h4-7,9-10,12H,3,8,11H2,1-2H3/t12-/m1/s1. The minimum Gasteiger partial charge on any atom is -0.461 e. The fourth-order valence-electron chi connectivity index (χ4n) is 3.92. The Bertz CT molecular complexity index is 1350. The second kappa shape index (κ2) is 10.2. The van der Waals surface area contributed by atoms with E-state index in [1.807, 2.05) is 6.92 Å². The highest BCUT2D eigenvalue weighted by atomic mass is 35.5. The van der Waals surface area contributed by atoms with Crippen LogP contribution in [0.3, 0.4) is 0 Å². The van der Waals surface area contributed by atoms with Crippen LogP contribution in [0.2, 0.25) is 20.1 Å². The predicted octanol–water partition coefficient (Wildman–Crippen LogP) is 5.95. The molecule has 2 heterocycles. The molecular formula is C24H19Cl4N3O4. The minimum atomic E-state index is -0.717. The highest BCUT2D eigenvalue weighted by Crippen LogP contribution is 2.30. The molecule has 4 rings (SSSR count).